The molecule has 0 unspecified atom stereocenters. The first-order valence-electron chi connectivity index (χ1n) is 6.32. The lowest BCUT2D eigenvalue weighted by atomic mass is 10.1. The van der Waals surface area contributed by atoms with Gasteiger partial charge in [0.1, 0.15) is 5.75 Å². The van der Waals surface area contributed by atoms with Gasteiger partial charge in [0.15, 0.2) is 0 Å². The Kier molecular flexibility index (Phi) is 4.00. The van der Waals surface area contributed by atoms with Crippen LogP contribution in [0, 0.1) is 5.92 Å². The van der Waals surface area contributed by atoms with E-state index in [1.165, 1.54) is 4.68 Å². The zero-order chi connectivity index (χ0) is 13.8. The highest BCUT2D eigenvalue weighted by atomic mass is 16.5. The Morgan fingerprint density at radius 1 is 1.21 bits per heavy atom. The molecule has 4 heteroatoms. The predicted octanol–water partition coefficient (Wildman–Crippen LogP) is 2.57. The van der Waals surface area contributed by atoms with Crippen LogP contribution in [0.2, 0.25) is 0 Å². The van der Waals surface area contributed by atoms with Crippen molar-refractivity contribution in [2.45, 2.75) is 20.4 Å². The second-order valence-electron chi connectivity index (χ2n) is 4.85. The van der Waals surface area contributed by atoms with Gasteiger partial charge in [-0.05, 0) is 29.7 Å². The van der Waals surface area contributed by atoms with E-state index in [-0.39, 0.29) is 5.56 Å². The highest BCUT2D eigenvalue weighted by Crippen LogP contribution is 2.19. The molecule has 0 spiro atoms. The molecule has 19 heavy (non-hydrogen) atoms. The minimum atomic E-state index is -0.0543. The van der Waals surface area contributed by atoms with E-state index < -0.39 is 0 Å². The monoisotopic (exact) mass is 258 g/mol. The Balaban J connectivity index is 2.41. The lowest BCUT2D eigenvalue weighted by Crippen LogP contribution is -2.25. The van der Waals surface area contributed by atoms with Gasteiger partial charge >= 0.3 is 0 Å². The first-order chi connectivity index (χ1) is 9.11. The normalized spacial score (nSPS) is 10.7. The van der Waals surface area contributed by atoms with Gasteiger partial charge in [-0.15, -0.1) is 0 Å². The first kappa shape index (κ1) is 13.3. The van der Waals surface area contributed by atoms with Gasteiger partial charge in [0.05, 0.1) is 12.7 Å². The van der Waals surface area contributed by atoms with Crippen molar-refractivity contribution >= 4 is 0 Å². The molecule has 0 saturated heterocycles. The molecule has 0 radical (unpaired) electrons. The topological polar surface area (TPSA) is 44.1 Å². The molecule has 0 bridgehead atoms. The van der Waals surface area contributed by atoms with Gasteiger partial charge in [0.2, 0.25) is 0 Å². The number of rotatable bonds is 4. The lowest BCUT2D eigenvalue weighted by molar-refractivity contribution is 0.415. The second-order valence-corrected chi connectivity index (χ2v) is 4.85. The van der Waals surface area contributed by atoms with E-state index in [2.05, 4.69) is 18.9 Å². The SMILES string of the molecule is COc1ccc(-c2ccnn(CC(C)C)c2=O)cc1. The van der Waals surface area contributed by atoms with Crippen molar-refractivity contribution in [2.75, 3.05) is 7.11 Å². The van der Waals surface area contributed by atoms with Crippen molar-refractivity contribution in [3.63, 3.8) is 0 Å². The fraction of sp³-hybridized carbons (Fsp3) is 0.333. The van der Waals surface area contributed by atoms with E-state index in [9.17, 15) is 4.79 Å². The second kappa shape index (κ2) is 5.69. The van der Waals surface area contributed by atoms with Crippen LogP contribution in [-0.2, 0) is 6.54 Å². The van der Waals surface area contributed by atoms with Crippen molar-refractivity contribution < 1.29 is 4.74 Å². The van der Waals surface area contributed by atoms with E-state index in [4.69, 9.17) is 4.74 Å². The Morgan fingerprint density at radius 2 is 1.89 bits per heavy atom. The van der Waals surface area contributed by atoms with Gasteiger partial charge in [-0.25, -0.2) is 4.68 Å². The molecule has 0 N–H and O–H groups in total. The Morgan fingerprint density at radius 3 is 2.47 bits per heavy atom. The van der Waals surface area contributed by atoms with Crippen LogP contribution in [0.5, 0.6) is 5.75 Å². The summed E-state index contributed by atoms with van der Waals surface area (Å²) in [5.41, 5.74) is 1.49. The average molecular weight is 258 g/mol. The fourth-order valence-corrected chi connectivity index (χ4v) is 1.92. The van der Waals surface area contributed by atoms with Crippen LogP contribution in [0.25, 0.3) is 11.1 Å². The number of benzene rings is 1. The van der Waals surface area contributed by atoms with Gasteiger partial charge in [0, 0.05) is 12.7 Å². The molecule has 1 aromatic carbocycles. The van der Waals surface area contributed by atoms with Crippen LogP contribution in [0.3, 0.4) is 0 Å². The summed E-state index contributed by atoms with van der Waals surface area (Å²) in [6.07, 6.45) is 1.67. The Hall–Kier alpha value is -2.10. The molecular weight excluding hydrogens is 240 g/mol. The molecule has 4 nitrogen and oxygen atoms in total. The van der Waals surface area contributed by atoms with Crippen LogP contribution in [-0.4, -0.2) is 16.9 Å². The summed E-state index contributed by atoms with van der Waals surface area (Å²) < 4.78 is 6.63. The summed E-state index contributed by atoms with van der Waals surface area (Å²) in [6, 6.07) is 9.22. The summed E-state index contributed by atoms with van der Waals surface area (Å²) in [5.74, 6) is 1.16. The summed E-state index contributed by atoms with van der Waals surface area (Å²) in [6.45, 7) is 4.76. The fourth-order valence-electron chi connectivity index (χ4n) is 1.92. The summed E-state index contributed by atoms with van der Waals surface area (Å²) in [7, 11) is 1.62. The highest BCUT2D eigenvalue weighted by Gasteiger charge is 2.08. The lowest BCUT2D eigenvalue weighted by Gasteiger charge is -2.09. The van der Waals surface area contributed by atoms with Crippen LogP contribution >= 0.6 is 0 Å². The van der Waals surface area contributed by atoms with Crippen LogP contribution in [0.15, 0.2) is 41.3 Å². The maximum absolute atomic E-state index is 12.3. The largest absolute Gasteiger partial charge is 0.497 e. The van der Waals surface area contributed by atoms with E-state index >= 15 is 0 Å². The van der Waals surface area contributed by atoms with Gasteiger partial charge < -0.3 is 4.74 Å². The zero-order valence-corrected chi connectivity index (χ0v) is 11.5. The third-order valence-corrected chi connectivity index (χ3v) is 2.85. The van der Waals surface area contributed by atoms with Crippen LogP contribution in [0.4, 0.5) is 0 Å². The molecule has 0 aliphatic heterocycles. The van der Waals surface area contributed by atoms with Gasteiger partial charge in [0.25, 0.3) is 5.56 Å². The number of hydrogen-bond acceptors (Lipinski definition) is 3. The molecule has 100 valence electrons. The molecule has 0 fully saturated rings. The summed E-state index contributed by atoms with van der Waals surface area (Å²) in [4.78, 5) is 12.3. The average Bonchev–Trinajstić information content (AvgIpc) is 2.41. The van der Waals surface area contributed by atoms with E-state index in [1.54, 1.807) is 19.4 Å². The third-order valence-electron chi connectivity index (χ3n) is 2.85. The molecular formula is C15H18N2O2. The van der Waals surface area contributed by atoms with Crippen molar-refractivity contribution in [2.24, 2.45) is 5.92 Å². The molecule has 0 atom stereocenters. The standard InChI is InChI=1S/C15H18N2O2/c1-11(2)10-17-15(18)14(8-9-16-17)12-4-6-13(19-3)7-5-12/h4-9,11H,10H2,1-3H3. The van der Waals surface area contributed by atoms with Gasteiger partial charge in [-0.1, -0.05) is 26.0 Å². The maximum Gasteiger partial charge on any atom is 0.274 e. The van der Waals surface area contributed by atoms with E-state index in [1.807, 2.05) is 24.3 Å². The van der Waals surface area contributed by atoms with Gasteiger partial charge in [-0.3, -0.25) is 4.79 Å². The predicted molar refractivity (Wildman–Crippen MR) is 75.3 cm³/mol. The summed E-state index contributed by atoms with van der Waals surface area (Å²) in [5, 5.41) is 4.12. The first-order valence-corrected chi connectivity index (χ1v) is 6.32. The number of aromatic nitrogens is 2. The Labute approximate surface area is 112 Å². The van der Waals surface area contributed by atoms with Crippen molar-refractivity contribution in [3.8, 4) is 16.9 Å². The molecule has 2 rings (SSSR count). The number of nitrogens with zero attached hydrogens (tertiary/aromatic N) is 2. The molecule has 1 heterocycles. The number of methoxy groups -OCH3 is 1. The van der Waals surface area contributed by atoms with Crippen LogP contribution < -0.4 is 10.3 Å². The van der Waals surface area contributed by atoms with Crippen LogP contribution in [0.1, 0.15) is 13.8 Å². The number of hydrogen-bond donors (Lipinski definition) is 0. The van der Waals surface area contributed by atoms with Crippen molar-refractivity contribution in [3.05, 3.63) is 46.9 Å². The molecule has 0 amide bonds. The smallest absolute Gasteiger partial charge is 0.274 e. The minimum Gasteiger partial charge on any atom is -0.497 e. The third kappa shape index (κ3) is 3.02. The van der Waals surface area contributed by atoms with Gasteiger partial charge in [-0.2, -0.15) is 5.10 Å². The van der Waals surface area contributed by atoms with E-state index in [0.29, 0.717) is 18.0 Å². The quantitative estimate of drug-likeness (QED) is 0.846. The van der Waals surface area contributed by atoms with E-state index in [0.717, 1.165) is 11.3 Å². The molecule has 0 saturated carbocycles. The molecule has 0 aliphatic carbocycles. The van der Waals surface area contributed by atoms with Crippen molar-refractivity contribution in [1.29, 1.82) is 0 Å². The summed E-state index contributed by atoms with van der Waals surface area (Å²) >= 11 is 0. The Bertz CT molecular complexity index is 600. The maximum atomic E-state index is 12.3. The zero-order valence-electron chi connectivity index (χ0n) is 11.5. The molecule has 2 aromatic rings. The minimum absolute atomic E-state index is 0.0543. The van der Waals surface area contributed by atoms with Crippen molar-refractivity contribution in [1.82, 2.24) is 9.78 Å². The molecule has 1 aromatic heterocycles. The molecule has 0 aliphatic rings. The highest BCUT2D eigenvalue weighted by molar-refractivity contribution is 5.62. The number of ether oxygens (including phenoxy) is 1.